The van der Waals surface area contributed by atoms with Crippen LogP contribution in [0.2, 0.25) is 0 Å². The summed E-state index contributed by atoms with van der Waals surface area (Å²) in [6.07, 6.45) is 6.42. The van der Waals surface area contributed by atoms with Crippen LogP contribution >= 0.6 is 0 Å². The van der Waals surface area contributed by atoms with Gasteiger partial charge in [-0.3, -0.25) is 4.79 Å². The van der Waals surface area contributed by atoms with Crippen LogP contribution in [0.15, 0.2) is 5.16 Å². The Hall–Kier alpha value is -1.26. The number of rotatable bonds is 4. The van der Waals surface area contributed by atoms with Crippen molar-refractivity contribution in [2.75, 3.05) is 0 Å². The maximum absolute atomic E-state index is 12.0. The van der Waals surface area contributed by atoms with Crippen molar-refractivity contribution in [3.05, 3.63) is 0 Å². The molecule has 2 aliphatic carbocycles. The molecule has 0 atom stereocenters. The Morgan fingerprint density at radius 3 is 2.50 bits per heavy atom. The van der Waals surface area contributed by atoms with Crippen molar-refractivity contribution >= 4 is 11.7 Å². The summed E-state index contributed by atoms with van der Waals surface area (Å²) in [6.45, 7) is 2.20. The summed E-state index contributed by atoms with van der Waals surface area (Å²) < 4.78 is 0. The van der Waals surface area contributed by atoms with Gasteiger partial charge >= 0.3 is 0 Å². The van der Waals surface area contributed by atoms with E-state index in [9.17, 15) is 4.79 Å². The highest BCUT2D eigenvalue weighted by atomic mass is 16.4. The average Bonchev–Trinajstić information content (AvgIpc) is 3.15. The highest BCUT2D eigenvalue weighted by Gasteiger charge is 2.40. The third-order valence-electron chi connectivity index (χ3n) is 4.28. The van der Waals surface area contributed by atoms with Crippen LogP contribution < -0.4 is 11.1 Å². The van der Waals surface area contributed by atoms with Crippen LogP contribution in [0.3, 0.4) is 0 Å². The van der Waals surface area contributed by atoms with E-state index in [1.165, 1.54) is 0 Å². The minimum absolute atomic E-state index is 0.0404. The summed E-state index contributed by atoms with van der Waals surface area (Å²) >= 11 is 0. The normalized spacial score (nSPS) is 33.2. The largest absolute Gasteiger partial charge is 0.409 e. The molecule has 0 unspecified atom stereocenters. The molecule has 0 saturated heterocycles. The smallest absolute Gasteiger partial charge is 0.221 e. The lowest BCUT2D eigenvalue weighted by molar-refractivity contribution is -0.123. The van der Waals surface area contributed by atoms with Crippen molar-refractivity contribution in [1.29, 1.82) is 0 Å². The van der Waals surface area contributed by atoms with E-state index < -0.39 is 5.54 Å². The van der Waals surface area contributed by atoms with Gasteiger partial charge in [0, 0.05) is 6.42 Å². The molecule has 0 aromatic carbocycles. The zero-order chi connectivity index (χ0) is 13.2. The summed E-state index contributed by atoms with van der Waals surface area (Å²) in [5.74, 6) is 1.39. The predicted molar refractivity (Wildman–Crippen MR) is 69.3 cm³/mol. The zero-order valence-electron chi connectivity index (χ0n) is 11.0. The molecule has 1 amide bonds. The highest BCUT2D eigenvalue weighted by molar-refractivity contribution is 5.94. The first-order valence-corrected chi connectivity index (χ1v) is 6.85. The van der Waals surface area contributed by atoms with Crippen molar-refractivity contribution in [2.45, 2.75) is 57.4 Å². The number of nitrogens with zero attached hydrogens (tertiary/aromatic N) is 1. The number of oxime groups is 1. The Morgan fingerprint density at radius 1 is 1.39 bits per heavy atom. The second-order valence-corrected chi connectivity index (χ2v) is 5.95. The van der Waals surface area contributed by atoms with Gasteiger partial charge in [0.1, 0.15) is 5.54 Å². The van der Waals surface area contributed by atoms with Crippen LogP contribution in [-0.2, 0) is 4.79 Å². The molecule has 102 valence electrons. The van der Waals surface area contributed by atoms with Crippen molar-refractivity contribution in [3.63, 3.8) is 0 Å². The van der Waals surface area contributed by atoms with Crippen LogP contribution in [-0.4, -0.2) is 22.5 Å². The third kappa shape index (κ3) is 2.94. The Labute approximate surface area is 108 Å². The van der Waals surface area contributed by atoms with Gasteiger partial charge < -0.3 is 16.3 Å². The molecule has 0 heterocycles. The molecule has 0 aromatic rings. The number of hydrogen-bond acceptors (Lipinski definition) is 3. The molecule has 2 rings (SSSR count). The highest BCUT2D eigenvalue weighted by Crippen LogP contribution is 2.35. The molecule has 0 aromatic heterocycles. The van der Waals surface area contributed by atoms with Crippen LogP contribution in [0.5, 0.6) is 0 Å². The summed E-state index contributed by atoms with van der Waals surface area (Å²) in [5.41, 5.74) is 5.19. The second-order valence-electron chi connectivity index (χ2n) is 5.95. The quantitative estimate of drug-likeness (QED) is 0.308. The Balaban J connectivity index is 2.02. The zero-order valence-corrected chi connectivity index (χ0v) is 11.0. The Bertz CT molecular complexity index is 342. The maximum atomic E-state index is 12.0. The third-order valence-corrected chi connectivity index (χ3v) is 4.28. The molecule has 0 radical (unpaired) electrons. The molecule has 5 nitrogen and oxygen atoms in total. The Kier molecular flexibility index (Phi) is 3.78. The number of carbonyl (C=O) groups is 1. The summed E-state index contributed by atoms with van der Waals surface area (Å²) in [7, 11) is 0. The number of carbonyl (C=O) groups excluding carboxylic acids is 1. The lowest BCUT2D eigenvalue weighted by atomic mass is 9.76. The summed E-state index contributed by atoms with van der Waals surface area (Å²) in [4.78, 5) is 12.0. The molecular formula is C13H23N3O2. The van der Waals surface area contributed by atoms with Gasteiger partial charge in [0.25, 0.3) is 0 Å². The van der Waals surface area contributed by atoms with Crippen molar-refractivity contribution in [3.8, 4) is 0 Å². The van der Waals surface area contributed by atoms with Gasteiger partial charge in [0.15, 0.2) is 5.84 Å². The first-order valence-electron chi connectivity index (χ1n) is 6.85. The van der Waals surface area contributed by atoms with Crippen LogP contribution in [0.4, 0.5) is 0 Å². The number of nitrogens with one attached hydrogen (secondary N) is 1. The molecule has 5 heteroatoms. The average molecular weight is 253 g/mol. The fraction of sp³-hybridized carbons (Fsp3) is 0.846. The van der Waals surface area contributed by atoms with Crippen molar-refractivity contribution in [1.82, 2.24) is 5.32 Å². The first kappa shape index (κ1) is 13.2. The monoisotopic (exact) mass is 253 g/mol. The van der Waals surface area contributed by atoms with Gasteiger partial charge in [-0.15, -0.1) is 0 Å². The van der Waals surface area contributed by atoms with Crippen molar-refractivity contribution in [2.24, 2.45) is 22.7 Å². The first-order chi connectivity index (χ1) is 8.55. The summed E-state index contributed by atoms with van der Waals surface area (Å²) in [5, 5.41) is 15.1. The van der Waals surface area contributed by atoms with Crippen LogP contribution in [0, 0.1) is 11.8 Å². The topological polar surface area (TPSA) is 87.7 Å². The molecule has 2 aliphatic rings. The Morgan fingerprint density at radius 2 is 2.00 bits per heavy atom. The van der Waals surface area contributed by atoms with E-state index >= 15 is 0 Å². The minimum Gasteiger partial charge on any atom is -0.409 e. The molecule has 4 N–H and O–H groups in total. The van der Waals surface area contributed by atoms with E-state index in [4.69, 9.17) is 10.9 Å². The summed E-state index contributed by atoms with van der Waals surface area (Å²) in [6, 6.07) is 0. The van der Waals surface area contributed by atoms with Gasteiger partial charge in [0.2, 0.25) is 5.91 Å². The minimum atomic E-state index is -0.618. The van der Waals surface area contributed by atoms with Gasteiger partial charge in [0.05, 0.1) is 0 Å². The van der Waals surface area contributed by atoms with E-state index in [0.717, 1.165) is 38.5 Å². The van der Waals surface area contributed by atoms with Gasteiger partial charge in [-0.25, -0.2) is 0 Å². The van der Waals surface area contributed by atoms with Gasteiger partial charge in [-0.2, -0.15) is 0 Å². The predicted octanol–water partition coefficient (Wildman–Crippen LogP) is 1.60. The molecule has 18 heavy (non-hydrogen) atoms. The molecule has 0 spiro atoms. The van der Waals surface area contributed by atoms with Crippen LogP contribution in [0.25, 0.3) is 0 Å². The fourth-order valence-corrected chi connectivity index (χ4v) is 2.70. The number of amidine groups is 1. The standard InChI is InChI=1S/C13H23N3O2/c1-9-4-6-13(7-5-9,12(14)16-18)15-11(17)8-10-2-3-10/h9-10,18H,2-8H2,1H3,(H2,14,16)(H,15,17). The molecule has 0 bridgehead atoms. The molecule has 2 saturated carbocycles. The van der Waals surface area contributed by atoms with Crippen molar-refractivity contribution < 1.29 is 10.0 Å². The molecule has 0 aliphatic heterocycles. The van der Waals surface area contributed by atoms with Crippen LogP contribution in [0.1, 0.15) is 51.9 Å². The van der Waals surface area contributed by atoms with Gasteiger partial charge in [-0.1, -0.05) is 12.1 Å². The number of hydrogen-bond donors (Lipinski definition) is 3. The lowest BCUT2D eigenvalue weighted by Crippen LogP contribution is -2.59. The fourth-order valence-electron chi connectivity index (χ4n) is 2.70. The van der Waals surface area contributed by atoms with E-state index in [-0.39, 0.29) is 11.7 Å². The van der Waals surface area contributed by atoms with E-state index in [1.807, 2.05) is 0 Å². The molecule has 2 fully saturated rings. The number of amides is 1. The van der Waals surface area contributed by atoms with E-state index in [2.05, 4.69) is 17.4 Å². The van der Waals surface area contributed by atoms with E-state index in [0.29, 0.717) is 18.3 Å². The SMILES string of the molecule is CC1CCC(NC(=O)CC2CC2)(C(N)=NO)CC1. The molecular weight excluding hydrogens is 230 g/mol. The maximum Gasteiger partial charge on any atom is 0.221 e. The van der Waals surface area contributed by atoms with Gasteiger partial charge in [-0.05, 0) is 50.4 Å². The second kappa shape index (κ2) is 5.16. The lowest BCUT2D eigenvalue weighted by Gasteiger charge is -2.39. The number of nitrogens with two attached hydrogens (primary N) is 1. The van der Waals surface area contributed by atoms with E-state index in [1.54, 1.807) is 0 Å².